The van der Waals surface area contributed by atoms with Gasteiger partial charge in [-0.25, -0.2) is 0 Å². The van der Waals surface area contributed by atoms with Gasteiger partial charge in [0.2, 0.25) is 5.91 Å². The van der Waals surface area contributed by atoms with Crippen molar-refractivity contribution in [3.8, 4) is 0 Å². The Morgan fingerprint density at radius 2 is 2.37 bits per heavy atom. The van der Waals surface area contributed by atoms with Crippen LogP contribution in [0.1, 0.15) is 45.3 Å². The molecule has 0 saturated heterocycles. The topological polar surface area (TPSA) is 62.5 Å². The Labute approximate surface area is 114 Å². The first-order valence-electron chi connectivity index (χ1n) is 6.88. The van der Waals surface area contributed by atoms with Crippen LogP contribution in [0.2, 0.25) is 0 Å². The van der Waals surface area contributed by atoms with E-state index in [1.54, 1.807) is 13.2 Å². The van der Waals surface area contributed by atoms with Crippen molar-refractivity contribution < 1.29 is 14.3 Å². The molecule has 1 aliphatic carbocycles. The fraction of sp³-hybridized carbons (Fsp3) is 0.667. The molecule has 1 fully saturated rings. The Kier molecular flexibility index (Phi) is 3.99. The number of rotatable bonds is 6. The van der Waals surface area contributed by atoms with Crippen LogP contribution in [-0.4, -0.2) is 23.7 Å². The molecule has 0 bridgehead atoms. The minimum absolute atomic E-state index is 0.0495. The fourth-order valence-corrected chi connectivity index (χ4v) is 2.63. The fourth-order valence-electron chi connectivity index (χ4n) is 2.63. The second-order valence-corrected chi connectivity index (χ2v) is 6.40. The van der Waals surface area contributed by atoms with Gasteiger partial charge in [0.05, 0.1) is 12.4 Å². The highest BCUT2D eigenvalue weighted by molar-refractivity contribution is 5.82. The molecule has 0 aromatic carbocycles. The van der Waals surface area contributed by atoms with Crippen molar-refractivity contribution >= 4 is 5.91 Å². The van der Waals surface area contributed by atoms with Gasteiger partial charge in [-0.1, -0.05) is 13.8 Å². The molecule has 2 N–H and O–H groups in total. The predicted molar refractivity (Wildman–Crippen MR) is 72.6 cm³/mol. The summed E-state index contributed by atoms with van der Waals surface area (Å²) in [5.41, 5.74) is -0.0844. The van der Waals surface area contributed by atoms with Gasteiger partial charge in [-0.05, 0) is 37.3 Å². The summed E-state index contributed by atoms with van der Waals surface area (Å²) >= 11 is 0. The molecule has 1 aromatic rings. The number of furan rings is 1. The monoisotopic (exact) mass is 265 g/mol. The van der Waals surface area contributed by atoms with Crippen LogP contribution >= 0.6 is 0 Å². The molecule has 3 atom stereocenters. The number of carbonyl (C=O) groups is 1. The molecule has 3 unspecified atom stereocenters. The predicted octanol–water partition coefficient (Wildman–Crippen LogP) is 2.30. The normalized spacial score (nSPS) is 24.0. The van der Waals surface area contributed by atoms with Gasteiger partial charge in [0, 0.05) is 18.4 Å². The summed E-state index contributed by atoms with van der Waals surface area (Å²) in [4.78, 5) is 12.0. The number of carbonyl (C=O) groups excluding carboxylic acids is 1. The van der Waals surface area contributed by atoms with Crippen LogP contribution in [0.15, 0.2) is 22.8 Å². The van der Waals surface area contributed by atoms with Crippen molar-refractivity contribution in [1.82, 2.24) is 5.32 Å². The van der Waals surface area contributed by atoms with Crippen molar-refractivity contribution in [2.75, 3.05) is 6.54 Å². The van der Waals surface area contributed by atoms with Crippen molar-refractivity contribution in [2.45, 2.75) is 45.6 Å². The third kappa shape index (κ3) is 3.83. The van der Waals surface area contributed by atoms with Crippen molar-refractivity contribution in [1.29, 1.82) is 0 Å². The molecule has 1 aliphatic rings. The molecular weight excluding hydrogens is 242 g/mol. The quantitative estimate of drug-likeness (QED) is 0.829. The second kappa shape index (κ2) is 5.37. The zero-order chi connectivity index (χ0) is 14.0. The van der Waals surface area contributed by atoms with Crippen LogP contribution in [0.25, 0.3) is 0 Å². The lowest BCUT2D eigenvalue weighted by Crippen LogP contribution is -2.36. The summed E-state index contributed by atoms with van der Waals surface area (Å²) in [7, 11) is 0. The zero-order valence-corrected chi connectivity index (χ0v) is 11.8. The first-order valence-corrected chi connectivity index (χ1v) is 6.88. The molecule has 1 heterocycles. The summed E-state index contributed by atoms with van der Waals surface area (Å²) in [5, 5.41) is 12.4. The Bertz CT molecular complexity index is 423. The van der Waals surface area contributed by atoms with E-state index in [4.69, 9.17) is 4.42 Å². The van der Waals surface area contributed by atoms with Crippen LogP contribution in [0.5, 0.6) is 0 Å². The molecule has 1 saturated carbocycles. The van der Waals surface area contributed by atoms with Gasteiger partial charge in [-0.3, -0.25) is 4.79 Å². The molecule has 0 radical (unpaired) electrons. The van der Waals surface area contributed by atoms with Gasteiger partial charge in [-0.2, -0.15) is 0 Å². The largest absolute Gasteiger partial charge is 0.469 e. The van der Waals surface area contributed by atoms with E-state index in [0.29, 0.717) is 13.0 Å². The van der Waals surface area contributed by atoms with Gasteiger partial charge < -0.3 is 14.8 Å². The molecule has 106 valence electrons. The van der Waals surface area contributed by atoms with E-state index in [-0.39, 0.29) is 29.3 Å². The molecule has 0 aliphatic heterocycles. The highest BCUT2D eigenvalue weighted by Gasteiger charge is 2.45. The molecule has 2 rings (SSSR count). The molecule has 4 nitrogen and oxygen atoms in total. The standard InChI is InChI=1S/C15H23NO3/c1-10(17)8-15(2,3)9-16-14(18)12-7-11(12)13-5-4-6-19-13/h4-6,10-12,17H,7-9H2,1-3H3,(H,16,18). The molecule has 4 heteroatoms. The third-order valence-corrected chi connectivity index (χ3v) is 3.63. The maximum Gasteiger partial charge on any atom is 0.223 e. The number of amides is 1. The van der Waals surface area contributed by atoms with E-state index in [2.05, 4.69) is 19.2 Å². The lowest BCUT2D eigenvalue weighted by atomic mass is 9.87. The number of nitrogens with one attached hydrogen (secondary N) is 1. The van der Waals surface area contributed by atoms with Gasteiger partial charge in [-0.15, -0.1) is 0 Å². The average molecular weight is 265 g/mol. The minimum Gasteiger partial charge on any atom is -0.469 e. The lowest BCUT2D eigenvalue weighted by Gasteiger charge is -2.26. The summed E-state index contributed by atoms with van der Waals surface area (Å²) in [6.45, 7) is 6.48. The van der Waals surface area contributed by atoms with E-state index in [1.165, 1.54) is 0 Å². The molecule has 1 amide bonds. The van der Waals surface area contributed by atoms with Crippen molar-refractivity contribution in [2.24, 2.45) is 11.3 Å². The summed E-state index contributed by atoms with van der Waals surface area (Å²) < 4.78 is 5.32. The Morgan fingerprint density at radius 3 is 2.95 bits per heavy atom. The Hall–Kier alpha value is -1.29. The van der Waals surface area contributed by atoms with Gasteiger partial charge in [0.15, 0.2) is 0 Å². The highest BCUT2D eigenvalue weighted by atomic mass is 16.3. The van der Waals surface area contributed by atoms with E-state index in [9.17, 15) is 9.90 Å². The Balaban J connectivity index is 1.77. The summed E-state index contributed by atoms with van der Waals surface area (Å²) in [6, 6.07) is 3.78. The maximum atomic E-state index is 12.0. The smallest absolute Gasteiger partial charge is 0.223 e. The SMILES string of the molecule is CC(O)CC(C)(C)CNC(=O)C1CC1c1ccco1. The molecule has 0 spiro atoms. The van der Waals surface area contributed by atoms with Gasteiger partial charge in [0.1, 0.15) is 5.76 Å². The first-order chi connectivity index (χ1) is 8.89. The molecule has 19 heavy (non-hydrogen) atoms. The second-order valence-electron chi connectivity index (χ2n) is 6.40. The van der Waals surface area contributed by atoms with Gasteiger partial charge in [0.25, 0.3) is 0 Å². The van der Waals surface area contributed by atoms with Crippen molar-refractivity contribution in [3.63, 3.8) is 0 Å². The van der Waals surface area contributed by atoms with Crippen molar-refractivity contribution in [3.05, 3.63) is 24.2 Å². The lowest BCUT2D eigenvalue weighted by molar-refractivity contribution is -0.123. The summed E-state index contributed by atoms with van der Waals surface area (Å²) in [5.74, 6) is 1.30. The zero-order valence-electron chi connectivity index (χ0n) is 11.8. The minimum atomic E-state index is -0.344. The van der Waals surface area contributed by atoms with Crippen LogP contribution < -0.4 is 5.32 Å². The summed E-state index contributed by atoms with van der Waals surface area (Å²) in [6.07, 6.45) is 2.85. The number of hydrogen-bond acceptors (Lipinski definition) is 3. The molecule has 1 aromatic heterocycles. The molecular formula is C15H23NO3. The van der Waals surface area contributed by atoms with E-state index in [1.807, 2.05) is 12.1 Å². The van der Waals surface area contributed by atoms with Gasteiger partial charge >= 0.3 is 0 Å². The number of hydrogen-bond donors (Lipinski definition) is 2. The number of aliphatic hydroxyl groups excluding tert-OH is 1. The van der Waals surface area contributed by atoms with E-state index in [0.717, 1.165) is 12.2 Å². The first kappa shape index (κ1) is 14.1. The van der Waals surface area contributed by atoms with E-state index < -0.39 is 0 Å². The van der Waals surface area contributed by atoms with E-state index >= 15 is 0 Å². The van der Waals surface area contributed by atoms with Crippen LogP contribution in [0.4, 0.5) is 0 Å². The van der Waals surface area contributed by atoms with Crippen LogP contribution in [0.3, 0.4) is 0 Å². The maximum absolute atomic E-state index is 12.0. The van der Waals surface area contributed by atoms with Crippen LogP contribution in [0, 0.1) is 11.3 Å². The third-order valence-electron chi connectivity index (χ3n) is 3.63. The Morgan fingerprint density at radius 1 is 1.63 bits per heavy atom. The highest BCUT2D eigenvalue weighted by Crippen LogP contribution is 2.47. The average Bonchev–Trinajstić information content (AvgIpc) is 2.91. The van der Waals surface area contributed by atoms with Crippen LogP contribution in [-0.2, 0) is 4.79 Å². The number of aliphatic hydroxyl groups is 1.